The molecule has 186 valence electrons. The summed E-state index contributed by atoms with van der Waals surface area (Å²) in [6, 6.07) is 10.8. The van der Waals surface area contributed by atoms with E-state index in [0.717, 1.165) is 29.9 Å². The smallest absolute Gasteiger partial charge is 0.321 e. The Bertz CT molecular complexity index is 1230. The molecule has 0 atom stereocenters. The fraction of sp³-hybridized carbons (Fsp3) is 0.400. The Labute approximate surface area is 205 Å². The molecule has 0 spiro atoms. The number of nitrogens with one attached hydrogen (secondary N) is 1. The summed E-state index contributed by atoms with van der Waals surface area (Å²) < 4.78 is 12.6. The van der Waals surface area contributed by atoms with E-state index in [1.807, 2.05) is 25.2 Å². The number of nitrogens with zero attached hydrogens (tertiary/aromatic N) is 5. The highest BCUT2D eigenvalue weighted by atomic mass is 16.5. The highest BCUT2D eigenvalue weighted by molar-refractivity contribution is 5.97. The average Bonchev–Trinajstić information content (AvgIpc) is 3.17. The molecule has 10 nitrogen and oxygen atoms in total. The Kier molecular flexibility index (Phi) is 7.11. The average molecular weight is 481 g/mol. The number of hydrogen-bond acceptors (Lipinski definition) is 6. The van der Waals surface area contributed by atoms with Crippen LogP contribution >= 0.6 is 0 Å². The predicted octanol–water partition coefficient (Wildman–Crippen LogP) is 2.64. The lowest BCUT2D eigenvalue weighted by atomic mass is 10.2. The molecule has 1 aliphatic rings. The molecule has 1 aromatic heterocycles. The number of carbonyl (C=O) groups excluding carboxylic acids is 2. The van der Waals surface area contributed by atoms with Gasteiger partial charge in [0.1, 0.15) is 5.82 Å². The molecule has 35 heavy (non-hydrogen) atoms. The molecule has 0 unspecified atom stereocenters. The highest BCUT2D eigenvalue weighted by Gasteiger charge is 2.23. The Morgan fingerprint density at radius 1 is 1.00 bits per heavy atom. The van der Waals surface area contributed by atoms with Gasteiger partial charge in [-0.25, -0.2) is 9.78 Å². The second kappa shape index (κ2) is 10.2. The van der Waals surface area contributed by atoms with Crippen LogP contribution in [0.5, 0.6) is 11.5 Å². The summed E-state index contributed by atoms with van der Waals surface area (Å²) in [5.41, 5.74) is 3.08. The molecule has 1 fully saturated rings. The van der Waals surface area contributed by atoms with Crippen LogP contribution in [0.2, 0.25) is 0 Å². The van der Waals surface area contributed by atoms with Crippen molar-refractivity contribution >= 4 is 28.7 Å². The van der Waals surface area contributed by atoms with Crippen molar-refractivity contribution in [3.8, 4) is 11.5 Å². The maximum Gasteiger partial charge on any atom is 0.321 e. The number of aromatic nitrogens is 2. The van der Waals surface area contributed by atoms with Gasteiger partial charge in [-0.2, -0.15) is 0 Å². The lowest BCUT2D eigenvalue weighted by Crippen LogP contribution is -2.49. The molecule has 2 heterocycles. The molecule has 4 rings (SSSR count). The number of anilines is 1. The van der Waals surface area contributed by atoms with Crippen LogP contribution in [0.3, 0.4) is 0 Å². The van der Waals surface area contributed by atoms with Crippen molar-refractivity contribution in [1.29, 1.82) is 0 Å². The van der Waals surface area contributed by atoms with Gasteiger partial charge < -0.3 is 29.2 Å². The van der Waals surface area contributed by atoms with Gasteiger partial charge in [0, 0.05) is 64.6 Å². The molecule has 3 aromatic rings. The maximum atomic E-state index is 12.8. The number of imidazole rings is 1. The Morgan fingerprint density at radius 3 is 2.37 bits per heavy atom. The standard InChI is InChI=1S/C25H32N6O4/c1-28(2)24(32)17-6-8-20-19(14-17)27-23(29(20)3)16-30-10-12-31(13-11-30)25(33)26-18-7-9-21(34-4)22(15-18)35-5/h6-9,14-15H,10-13,16H2,1-5H3,(H,26,33). The van der Waals surface area contributed by atoms with Crippen LogP contribution in [0.1, 0.15) is 16.2 Å². The van der Waals surface area contributed by atoms with E-state index >= 15 is 0 Å². The second-order valence-electron chi connectivity index (χ2n) is 8.75. The fourth-order valence-corrected chi connectivity index (χ4v) is 4.21. The normalized spacial score (nSPS) is 14.1. The van der Waals surface area contributed by atoms with Gasteiger partial charge >= 0.3 is 6.03 Å². The minimum absolute atomic E-state index is 0.0402. The number of fused-ring (bicyclic) bond motifs is 1. The maximum absolute atomic E-state index is 12.8. The van der Waals surface area contributed by atoms with Gasteiger partial charge in [-0.3, -0.25) is 9.69 Å². The number of benzene rings is 2. The Hall–Kier alpha value is -3.79. The van der Waals surface area contributed by atoms with Crippen LogP contribution in [-0.4, -0.2) is 90.7 Å². The summed E-state index contributed by atoms with van der Waals surface area (Å²) in [6.45, 7) is 3.39. The van der Waals surface area contributed by atoms with Crippen molar-refractivity contribution in [3.63, 3.8) is 0 Å². The number of piperazine rings is 1. The molecule has 2 aromatic carbocycles. The van der Waals surface area contributed by atoms with E-state index in [-0.39, 0.29) is 11.9 Å². The van der Waals surface area contributed by atoms with Crippen molar-refractivity contribution < 1.29 is 19.1 Å². The number of ether oxygens (including phenoxy) is 2. The van der Waals surface area contributed by atoms with Gasteiger partial charge in [-0.1, -0.05) is 0 Å². The minimum Gasteiger partial charge on any atom is -0.493 e. The third kappa shape index (κ3) is 5.17. The van der Waals surface area contributed by atoms with E-state index in [2.05, 4.69) is 14.8 Å². The van der Waals surface area contributed by atoms with Gasteiger partial charge in [0.15, 0.2) is 11.5 Å². The van der Waals surface area contributed by atoms with Crippen LogP contribution in [0.4, 0.5) is 10.5 Å². The first-order valence-electron chi connectivity index (χ1n) is 11.5. The zero-order chi connectivity index (χ0) is 25.1. The predicted molar refractivity (Wildman–Crippen MR) is 134 cm³/mol. The lowest BCUT2D eigenvalue weighted by molar-refractivity contribution is 0.0827. The van der Waals surface area contributed by atoms with Crippen LogP contribution in [0.25, 0.3) is 11.0 Å². The molecule has 0 bridgehead atoms. The number of carbonyl (C=O) groups is 2. The quantitative estimate of drug-likeness (QED) is 0.583. The Balaban J connectivity index is 1.36. The van der Waals surface area contributed by atoms with Gasteiger partial charge in [0.2, 0.25) is 0 Å². The summed E-state index contributed by atoms with van der Waals surface area (Å²) in [6.07, 6.45) is 0. The molecule has 1 saturated heterocycles. The molecule has 1 N–H and O–H groups in total. The summed E-state index contributed by atoms with van der Waals surface area (Å²) in [7, 11) is 8.61. The lowest BCUT2D eigenvalue weighted by Gasteiger charge is -2.34. The molecule has 10 heteroatoms. The van der Waals surface area contributed by atoms with E-state index in [0.29, 0.717) is 42.4 Å². The first-order valence-corrected chi connectivity index (χ1v) is 11.5. The van der Waals surface area contributed by atoms with E-state index in [4.69, 9.17) is 14.5 Å². The first kappa shape index (κ1) is 24.3. The molecule has 1 aliphatic heterocycles. The van der Waals surface area contributed by atoms with E-state index in [9.17, 15) is 9.59 Å². The summed E-state index contributed by atoms with van der Waals surface area (Å²) in [4.78, 5) is 35.5. The van der Waals surface area contributed by atoms with Gasteiger partial charge in [0.25, 0.3) is 5.91 Å². The number of rotatable bonds is 6. The summed E-state index contributed by atoms with van der Waals surface area (Å²) >= 11 is 0. The van der Waals surface area contributed by atoms with Crippen LogP contribution in [0, 0.1) is 0 Å². The van der Waals surface area contributed by atoms with E-state index in [1.165, 1.54) is 0 Å². The zero-order valence-corrected chi connectivity index (χ0v) is 20.9. The van der Waals surface area contributed by atoms with Crippen molar-refractivity contribution in [3.05, 3.63) is 47.8 Å². The van der Waals surface area contributed by atoms with Crippen molar-refractivity contribution in [2.24, 2.45) is 7.05 Å². The van der Waals surface area contributed by atoms with Crippen molar-refractivity contribution in [1.82, 2.24) is 24.3 Å². The number of hydrogen-bond donors (Lipinski definition) is 1. The van der Waals surface area contributed by atoms with Crippen LogP contribution < -0.4 is 14.8 Å². The molecule has 3 amide bonds. The van der Waals surface area contributed by atoms with Crippen molar-refractivity contribution in [2.45, 2.75) is 6.54 Å². The van der Waals surface area contributed by atoms with Gasteiger partial charge in [0.05, 0.1) is 31.8 Å². The minimum atomic E-state index is -0.141. The fourth-order valence-electron chi connectivity index (χ4n) is 4.21. The molecular formula is C25H32N6O4. The zero-order valence-electron chi connectivity index (χ0n) is 20.9. The number of aryl methyl sites for hydroxylation is 1. The number of urea groups is 1. The third-order valence-electron chi connectivity index (χ3n) is 6.29. The largest absolute Gasteiger partial charge is 0.493 e. The van der Waals surface area contributed by atoms with Crippen LogP contribution in [0.15, 0.2) is 36.4 Å². The molecule has 0 aliphatic carbocycles. The number of amides is 3. The van der Waals surface area contributed by atoms with E-state index < -0.39 is 0 Å². The first-order chi connectivity index (χ1) is 16.8. The molecular weight excluding hydrogens is 448 g/mol. The van der Waals surface area contributed by atoms with Gasteiger partial charge in [-0.05, 0) is 30.3 Å². The Morgan fingerprint density at radius 2 is 1.71 bits per heavy atom. The summed E-state index contributed by atoms with van der Waals surface area (Å²) in [5.74, 6) is 2.07. The third-order valence-corrected chi connectivity index (χ3v) is 6.29. The summed E-state index contributed by atoms with van der Waals surface area (Å²) in [5, 5.41) is 2.94. The highest BCUT2D eigenvalue weighted by Crippen LogP contribution is 2.30. The topological polar surface area (TPSA) is 92.2 Å². The SMILES string of the molecule is COc1ccc(NC(=O)N2CCN(Cc3nc4cc(C(=O)N(C)C)ccc4n3C)CC2)cc1OC. The molecule has 0 radical (unpaired) electrons. The van der Waals surface area contributed by atoms with E-state index in [1.54, 1.807) is 56.3 Å². The molecule has 0 saturated carbocycles. The monoisotopic (exact) mass is 480 g/mol. The van der Waals surface area contributed by atoms with Crippen LogP contribution in [-0.2, 0) is 13.6 Å². The number of methoxy groups -OCH3 is 2. The van der Waals surface area contributed by atoms with Crippen molar-refractivity contribution in [2.75, 3.05) is 59.8 Å². The second-order valence-corrected chi connectivity index (χ2v) is 8.75. The van der Waals surface area contributed by atoms with Gasteiger partial charge in [-0.15, -0.1) is 0 Å².